The zero-order valence-corrected chi connectivity index (χ0v) is 16.1. The van der Waals surface area contributed by atoms with Crippen molar-refractivity contribution in [3.05, 3.63) is 51.8 Å². The van der Waals surface area contributed by atoms with E-state index in [2.05, 4.69) is 24.3 Å². The van der Waals surface area contributed by atoms with Gasteiger partial charge in [-0.1, -0.05) is 37.6 Å². The maximum Gasteiger partial charge on any atom is 0.251 e. The van der Waals surface area contributed by atoms with Crippen molar-refractivity contribution < 1.29 is 9.59 Å². The van der Waals surface area contributed by atoms with Crippen molar-refractivity contribution in [3.8, 4) is 0 Å². The summed E-state index contributed by atoms with van der Waals surface area (Å²) >= 11 is 6.36. The van der Waals surface area contributed by atoms with E-state index in [9.17, 15) is 9.59 Å². The monoisotopic (exact) mass is 374 g/mol. The fraction of sp³-hybridized carbons (Fsp3) is 0.316. The van der Waals surface area contributed by atoms with Crippen LogP contribution in [0, 0.1) is 19.8 Å². The van der Waals surface area contributed by atoms with Gasteiger partial charge in [-0.15, -0.1) is 0 Å². The summed E-state index contributed by atoms with van der Waals surface area (Å²) in [5.41, 5.74) is 8.22. The van der Waals surface area contributed by atoms with Gasteiger partial charge in [0.1, 0.15) is 5.15 Å². The number of amides is 2. The Balaban J connectivity index is 2.20. The zero-order valence-electron chi connectivity index (χ0n) is 15.3. The number of benzene rings is 1. The Hall–Kier alpha value is -2.60. The third-order valence-corrected chi connectivity index (χ3v) is 4.22. The molecule has 0 spiro atoms. The maximum atomic E-state index is 12.3. The van der Waals surface area contributed by atoms with Gasteiger partial charge in [0.2, 0.25) is 5.91 Å². The normalized spacial score (nSPS) is 11.3. The molecule has 0 saturated heterocycles. The highest BCUT2D eigenvalue weighted by molar-refractivity contribution is 6.31. The van der Waals surface area contributed by atoms with Gasteiger partial charge < -0.3 is 11.1 Å². The van der Waals surface area contributed by atoms with Crippen LogP contribution in [-0.2, 0) is 11.3 Å². The topological polar surface area (TPSA) is 90.0 Å². The molecule has 2 amide bonds. The minimum Gasteiger partial charge on any atom is -0.366 e. The standard InChI is InChI=1S/C19H23ClN4O2/c1-11(2)10-24-18(20)14(13(4)23-24)8-9-16(25)22-15-7-5-6-12(3)17(15)19(21)26/h5-9,11H,10H2,1-4H3,(H2,21,26)(H,22,25). The molecule has 0 bridgehead atoms. The molecule has 0 saturated carbocycles. The number of hydrogen-bond acceptors (Lipinski definition) is 3. The molecule has 6 nitrogen and oxygen atoms in total. The van der Waals surface area contributed by atoms with Crippen LogP contribution in [0.15, 0.2) is 24.3 Å². The lowest BCUT2D eigenvalue weighted by atomic mass is 10.1. The van der Waals surface area contributed by atoms with Crippen molar-refractivity contribution in [2.24, 2.45) is 11.7 Å². The molecule has 0 atom stereocenters. The molecule has 1 aromatic heterocycles. The Bertz CT molecular complexity index is 869. The molecule has 1 aromatic carbocycles. The zero-order chi connectivity index (χ0) is 19.4. The second kappa shape index (κ2) is 8.19. The van der Waals surface area contributed by atoms with Crippen LogP contribution in [-0.4, -0.2) is 21.6 Å². The average molecular weight is 375 g/mol. The van der Waals surface area contributed by atoms with Gasteiger partial charge in [-0.2, -0.15) is 5.10 Å². The fourth-order valence-electron chi connectivity index (χ4n) is 2.66. The van der Waals surface area contributed by atoms with Crippen molar-refractivity contribution in [2.45, 2.75) is 34.2 Å². The van der Waals surface area contributed by atoms with Crippen LogP contribution in [0.3, 0.4) is 0 Å². The Morgan fingerprint density at radius 1 is 1.35 bits per heavy atom. The Morgan fingerprint density at radius 3 is 2.65 bits per heavy atom. The van der Waals surface area contributed by atoms with Gasteiger partial charge in [-0.3, -0.25) is 14.3 Å². The Kier molecular flexibility index (Phi) is 6.21. The minimum absolute atomic E-state index is 0.299. The molecular formula is C19H23ClN4O2. The molecule has 0 aliphatic rings. The predicted molar refractivity (Wildman–Crippen MR) is 104 cm³/mol. The average Bonchev–Trinajstić information content (AvgIpc) is 2.78. The van der Waals surface area contributed by atoms with Crippen molar-refractivity contribution in [1.82, 2.24) is 9.78 Å². The number of nitrogens with two attached hydrogens (primary N) is 1. The Morgan fingerprint density at radius 2 is 2.04 bits per heavy atom. The van der Waals surface area contributed by atoms with Crippen molar-refractivity contribution >= 4 is 35.2 Å². The first kappa shape index (κ1) is 19.7. The van der Waals surface area contributed by atoms with Gasteiger partial charge >= 0.3 is 0 Å². The number of hydrogen-bond donors (Lipinski definition) is 2. The van der Waals surface area contributed by atoms with Gasteiger partial charge in [-0.25, -0.2) is 0 Å². The number of nitrogens with zero attached hydrogens (tertiary/aromatic N) is 2. The lowest BCUT2D eigenvalue weighted by Gasteiger charge is -2.09. The molecule has 3 N–H and O–H groups in total. The summed E-state index contributed by atoms with van der Waals surface area (Å²) in [4.78, 5) is 23.9. The van der Waals surface area contributed by atoms with E-state index < -0.39 is 5.91 Å². The van der Waals surface area contributed by atoms with E-state index in [1.807, 2.05) is 6.92 Å². The van der Waals surface area contributed by atoms with E-state index in [-0.39, 0.29) is 5.91 Å². The largest absolute Gasteiger partial charge is 0.366 e. The summed E-state index contributed by atoms with van der Waals surface area (Å²) in [5, 5.41) is 7.58. The summed E-state index contributed by atoms with van der Waals surface area (Å²) in [5.74, 6) is -0.568. The number of aromatic nitrogens is 2. The van der Waals surface area contributed by atoms with Crippen LogP contribution >= 0.6 is 11.6 Å². The molecule has 138 valence electrons. The van der Waals surface area contributed by atoms with Gasteiger partial charge in [0, 0.05) is 18.2 Å². The smallest absolute Gasteiger partial charge is 0.251 e. The second-order valence-electron chi connectivity index (χ2n) is 6.55. The fourth-order valence-corrected chi connectivity index (χ4v) is 2.96. The van der Waals surface area contributed by atoms with Crippen LogP contribution in [0.2, 0.25) is 5.15 Å². The molecule has 0 aliphatic heterocycles. The summed E-state index contributed by atoms with van der Waals surface area (Å²) in [6.45, 7) is 8.46. The number of carbonyl (C=O) groups excluding carboxylic acids is 2. The van der Waals surface area contributed by atoms with Crippen LogP contribution in [0.1, 0.15) is 41.0 Å². The molecule has 1 heterocycles. The third-order valence-electron chi connectivity index (χ3n) is 3.83. The van der Waals surface area contributed by atoms with Gasteiger partial charge in [0.25, 0.3) is 5.91 Å². The molecule has 26 heavy (non-hydrogen) atoms. The first-order chi connectivity index (χ1) is 12.2. The number of aryl methyl sites for hydroxylation is 2. The SMILES string of the molecule is Cc1cccc(NC(=O)C=Cc2c(C)nn(CC(C)C)c2Cl)c1C(N)=O. The summed E-state index contributed by atoms with van der Waals surface area (Å²) < 4.78 is 1.73. The number of halogens is 1. The molecule has 7 heteroatoms. The lowest BCUT2D eigenvalue weighted by Crippen LogP contribution is -2.18. The summed E-state index contributed by atoms with van der Waals surface area (Å²) in [6, 6.07) is 5.15. The van der Waals surface area contributed by atoms with Gasteiger partial charge in [0.15, 0.2) is 0 Å². The number of rotatable bonds is 6. The Labute approximate surface area is 158 Å². The minimum atomic E-state index is -0.587. The van der Waals surface area contributed by atoms with Gasteiger partial charge in [0.05, 0.1) is 16.9 Å². The highest BCUT2D eigenvalue weighted by atomic mass is 35.5. The number of nitrogens with one attached hydrogen (secondary N) is 1. The van der Waals surface area contributed by atoms with E-state index >= 15 is 0 Å². The summed E-state index contributed by atoms with van der Waals surface area (Å²) in [7, 11) is 0. The molecule has 2 rings (SSSR count). The number of anilines is 1. The van der Waals surface area contributed by atoms with Crippen LogP contribution in [0.25, 0.3) is 6.08 Å². The second-order valence-corrected chi connectivity index (χ2v) is 6.91. The molecule has 2 aromatic rings. The first-order valence-corrected chi connectivity index (χ1v) is 8.69. The van der Waals surface area contributed by atoms with E-state index in [0.29, 0.717) is 40.0 Å². The van der Waals surface area contributed by atoms with Crippen LogP contribution in [0.5, 0.6) is 0 Å². The van der Waals surface area contributed by atoms with E-state index in [0.717, 1.165) is 5.69 Å². The molecular weight excluding hydrogens is 352 g/mol. The molecule has 0 aliphatic carbocycles. The highest BCUT2D eigenvalue weighted by Gasteiger charge is 2.14. The van der Waals surface area contributed by atoms with E-state index in [4.69, 9.17) is 17.3 Å². The van der Waals surface area contributed by atoms with Crippen molar-refractivity contribution in [2.75, 3.05) is 5.32 Å². The van der Waals surface area contributed by atoms with E-state index in [1.54, 1.807) is 35.9 Å². The van der Waals surface area contributed by atoms with E-state index in [1.165, 1.54) is 6.08 Å². The van der Waals surface area contributed by atoms with Gasteiger partial charge in [-0.05, 0) is 37.5 Å². The van der Waals surface area contributed by atoms with Crippen LogP contribution < -0.4 is 11.1 Å². The van der Waals surface area contributed by atoms with Crippen molar-refractivity contribution in [3.63, 3.8) is 0 Å². The lowest BCUT2D eigenvalue weighted by molar-refractivity contribution is -0.111. The molecule has 0 unspecified atom stereocenters. The maximum absolute atomic E-state index is 12.3. The number of primary amides is 1. The third kappa shape index (κ3) is 4.52. The number of carbonyl (C=O) groups is 2. The predicted octanol–water partition coefficient (Wildman–Crippen LogP) is 3.56. The summed E-state index contributed by atoms with van der Waals surface area (Å²) in [6.07, 6.45) is 2.99. The van der Waals surface area contributed by atoms with Crippen LogP contribution in [0.4, 0.5) is 5.69 Å². The first-order valence-electron chi connectivity index (χ1n) is 8.32. The molecule has 0 fully saturated rings. The van der Waals surface area contributed by atoms with Crippen molar-refractivity contribution in [1.29, 1.82) is 0 Å². The quantitative estimate of drug-likeness (QED) is 0.757. The molecule has 0 radical (unpaired) electrons. The highest BCUT2D eigenvalue weighted by Crippen LogP contribution is 2.23.